The molecule has 0 atom stereocenters. The second-order valence-corrected chi connectivity index (χ2v) is 6.39. The third-order valence-electron chi connectivity index (χ3n) is 3.23. The van der Waals surface area contributed by atoms with Crippen LogP contribution in [0.5, 0.6) is 0 Å². The summed E-state index contributed by atoms with van der Waals surface area (Å²) < 4.78 is 27.6. The Morgan fingerprint density at radius 2 is 1.91 bits per heavy atom. The Morgan fingerprint density at radius 1 is 1.18 bits per heavy atom. The standard InChI is InChI=1S/C14H11N3O4S/c1-9-6-7-11(12(8-9)17(18)19)15-14-10-4-2-3-5-13(10)22(20,21)16-14/h2-8H,1H3,(H,15,16). The largest absolute Gasteiger partial charge is 0.333 e. The number of rotatable bonds is 2. The Kier molecular flexibility index (Phi) is 3.18. The van der Waals surface area contributed by atoms with E-state index in [2.05, 4.69) is 9.71 Å². The molecule has 2 aromatic carbocycles. The van der Waals surface area contributed by atoms with E-state index in [0.29, 0.717) is 5.56 Å². The van der Waals surface area contributed by atoms with Crippen molar-refractivity contribution in [3.63, 3.8) is 0 Å². The van der Waals surface area contributed by atoms with Crippen LogP contribution in [0.3, 0.4) is 0 Å². The van der Waals surface area contributed by atoms with Crippen LogP contribution in [-0.4, -0.2) is 19.2 Å². The quantitative estimate of drug-likeness (QED) is 0.677. The Hall–Kier alpha value is -2.74. The molecule has 0 unspecified atom stereocenters. The third-order valence-corrected chi connectivity index (χ3v) is 4.57. The first kappa shape index (κ1) is 14.2. The molecule has 2 aromatic rings. The fraction of sp³-hybridized carbons (Fsp3) is 0.0714. The van der Waals surface area contributed by atoms with Crippen LogP contribution < -0.4 is 5.32 Å². The molecule has 1 heterocycles. The summed E-state index contributed by atoms with van der Waals surface area (Å²) in [7, 11) is -3.76. The molecule has 1 N–H and O–H groups in total. The summed E-state index contributed by atoms with van der Waals surface area (Å²) in [4.78, 5) is 10.7. The van der Waals surface area contributed by atoms with E-state index in [1.165, 1.54) is 18.2 Å². The summed E-state index contributed by atoms with van der Waals surface area (Å²) in [6.45, 7) is 1.74. The number of aryl methyl sites for hydroxylation is 1. The Morgan fingerprint density at radius 3 is 2.64 bits per heavy atom. The van der Waals surface area contributed by atoms with Gasteiger partial charge in [0.05, 0.1) is 4.92 Å². The lowest BCUT2D eigenvalue weighted by atomic mass is 10.1. The molecule has 0 spiro atoms. The number of nitrogens with one attached hydrogen (secondary N) is 1. The molecule has 0 fully saturated rings. The zero-order valence-electron chi connectivity index (χ0n) is 11.5. The number of nitro benzene ring substituents is 1. The van der Waals surface area contributed by atoms with Crippen molar-refractivity contribution in [2.75, 3.05) is 5.32 Å². The van der Waals surface area contributed by atoms with E-state index in [9.17, 15) is 18.5 Å². The van der Waals surface area contributed by atoms with Crippen molar-refractivity contribution < 1.29 is 13.3 Å². The topological polar surface area (TPSA) is 102 Å². The van der Waals surface area contributed by atoms with Crippen LogP contribution in [0, 0.1) is 17.0 Å². The normalized spacial score (nSPS) is 15.0. The molecule has 7 nitrogen and oxygen atoms in total. The molecule has 3 rings (SSSR count). The third kappa shape index (κ3) is 2.33. The van der Waals surface area contributed by atoms with Gasteiger partial charge in [-0.05, 0) is 30.7 Å². The number of anilines is 1. The van der Waals surface area contributed by atoms with Crippen LogP contribution >= 0.6 is 0 Å². The second kappa shape index (κ2) is 4.92. The van der Waals surface area contributed by atoms with Crippen molar-refractivity contribution in [3.05, 3.63) is 63.7 Å². The predicted molar refractivity (Wildman–Crippen MR) is 81.6 cm³/mol. The van der Waals surface area contributed by atoms with Crippen LogP contribution in [0.2, 0.25) is 0 Å². The summed E-state index contributed by atoms with van der Waals surface area (Å²) in [6.07, 6.45) is 0. The number of fused-ring (bicyclic) bond motifs is 1. The molecule has 1 aliphatic rings. The van der Waals surface area contributed by atoms with Gasteiger partial charge >= 0.3 is 0 Å². The first-order chi connectivity index (χ1) is 10.4. The van der Waals surface area contributed by atoms with Crippen LogP contribution in [-0.2, 0) is 10.0 Å². The van der Waals surface area contributed by atoms with Crippen molar-refractivity contribution in [3.8, 4) is 0 Å². The predicted octanol–water partition coefficient (Wildman–Crippen LogP) is 2.46. The number of nitrogens with zero attached hydrogens (tertiary/aromatic N) is 2. The summed E-state index contributed by atoms with van der Waals surface area (Å²) in [5.41, 5.74) is 1.20. The average Bonchev–Trinajstić information content (AvgIpc) is 2.72. The zero-order chi connectivity index (χ0) is 15.9. The molecular weight excluding hydrogens is 306 g/mol. The van der Waals surface area contributed by atoms with E-state index in [1.54, 1.807) is 31.2 Å². The van der Waals surface area contributed by atoms with Gasteiger partial charge in [-0.15, -0.1) is 4.40 Å². The zero-order valence-corrected chi connectivity index (χ0v) is 12.3. The van der Waals surface area contributed by atoms with Crippen LogP contribution in [0.4, 0.5) is 11.4 Å². The summed E-state index contributed by atoms with van der Waals surface area (Å²) in [5.74, 6) is 0.0857. The van der Waals surface area contributed by atoms with E-state index in [4.69, 9.17) is 0 Å². The van der Waals surface area contributed by atoms with Crippen molar-refractivity contribution >= 4 is 27.2 Å². The van der Waals surface area contributed by atoms with Crippen LogP contribution in [0.1, 0.15) is 11.1 Å². The highest BCUT2D eigenvalue weighted by molar-refractivity contribution is 7.90. The van der Waals surface area contributed by atoms with Gasteiger partial charge in [0.1, 0.15) is 10.6 Å². The van der Waals surface area contributed by atoms with Gasteiger partial charge in [-0.3, -0.25) is 10.1 Å². The molecule has 0 bridgehead atoms. The number of sulfonamides is 1. The molecule has 0 saturated heterocycles. The van der Waals surface area contributed by atoms with Gasteiger partial charge in [-0.25, -0.2) is 0 Å². The number of nitro groups is 1. The molecular formula is C14H11N3O4S. The van der Waals surface area contributed by atoms with Gasteiger partial charge in [-0.1, -0.05) is 18.2 Å². The van der Waals surface area contributed by atoms with Gasteiger partial charge < -0.3 is 5.32 Å². The van der Waals surface area contributed by atoms with Crippen molar-refractivity contribution in [2.24, 2.45) is 4.40 Å². The molecule has 22 heavy (non-hydrogen) atoms. The summed E-state index contributed by atoms with van der Waals surface area (Å²) >= 11 is 0. The van der Waals surface area contributed by atoms with E-state index in [1.807, 2.05) is 0 Å². The number of benzene rings is 2. The lowest BCUT2D eigenvalue weighted by Gasteiger charge is -2.07. The minimum Gasteiger partial charge on any atom is -0.333 e. The molecule has 0 saturated carbocycles. The van der Waals surface area contributed by atoms with Gasteiger partial charge in [0, 0.05) is 11.6 Å². The van der Waals surface area contributed by atoms with Crippen LogP contribution in [0.15, 0.2) is 51.8 Å². The molecule has 8 heteroatoms. The van der Waals surface area contributed by atoms with Gasteiger partial charge in [0.15, 0.2) is 5.84 Å². The Labute approximate surface area is 126 Å². The summed E-state index contributed by atoms with van der Waals surface area (Å²) in [6, 6.07) is 11.0. The molecule has 1 aliphatic heterocycles. The van der Waals surface area contributed by atoms with E-state index in [-0.39, 0.29) is 22.1 Å². The van der Waals surface area contributed by atoms with Gasteiger partial charge in [-0.2, -0.15) is 8.42 Å². The first-order valence-corrected chi connectivity index (χ1v) is 7.79. The fourth-order valence-electron chi connectivity index (χ4n) is 2.22. The SMILES string of the molecule is Cc1ccc(NC2=NS(=O)(=O)c3ccccc32)c([N+](=O)[O-])c1. The number of hydrogen-bond donors (Lipinski definition) is 1. The Bertz CT molecular complexity index is 919. The number of amidine groups is 1. The van der Waals surface area contributed by atoms with Gasteiger partial charge in [0.2, 0.25) is 0 Å². The number of hydrogen-bond acceptors (Lipinski definition) is 5. The molecule has 0 aromatic heterocycles. The highest BCUT2D eigenvalue weighted by atomic mass is 32.2. The molecule has 112 valence electrons. The summed E-state index contributed by atoms with van der Waals surface area (Å²) in [5, 5.41) is 13.9. The first-order valence-electron chi connectivity index (χ1n) is 6.35. The van der Waals surface area contributed by atoms with E-state index < -0.39 is 14.9 Å². The Balaban J connectivity index is 2.08. The van der Waals surface area contributed by atoms with Gasteiger partial charge in [0.25, 0.3) is 15.7 Å². The highest BCUT2D eigenvalue weighted by Gasteiger charge is 2.29. The fourth-order valence-corrected chi connectivity index (χ4v) is 3.40. The average molecular weight is 317 g/mol. The highest BCUT2D eigenvalue weighted by Crippen LogP contribution is 2.30. The molecule has 0 amide bonds. The second-order valence-electron chi connectivity index (χ2n) is 4.81. The molecule has 0 radical (unpaired) electrons. The maximum absolute atomic E-state index is 12.0. The minimum absolute atomic E-state index is 0.0857. The smallest absolute Gasteiger partial charge is 0.292 e. The lowest BCUT2D eigenvalue weighted by molar-refractivity contribution is -0.383. The maximum Gasteiger partial charge on any atom is 0.292 e. The maximum atomic E-state index is 12.0. The monoisotopic (exact) mass is 317 g/mol. The lowest BCUT2D eigenvalue weighted by Crippen LogP contribution is -2.12. The van der Waals surface area contributed by atoms with Crippen molar-refractivity contribution in [1.29, 1.82) is 0 Å². The van der Waals surface area contributed by atoms with Crippen LogP contribution in [0.25, 0.3) is 0 Å². The molecule has 0 aliphatic carbocycles. The minimum atomic E-state index is -3.76. The van der Waals surface area contributed by atoms with E-state index >= 15 is 0 Å². The van der Waals surface area contributed by atoms with E-state index in [0.717, 1.165) is 5.56 Å². The van der Waals surface area contributed by atoms with Crippen molar-refractivity contribution in [1.82, 2.24) is 0 Å². The van der Waals surface area contributed by atoms with Crippen molar-refractivity contribution in [2.45, 2.75) is 11.8 Å².